The molecule has 0 heterocycles. The summed E-state index contributed by atoms with van der Waals surface area (Å²) in [4.78, 5) is 32.4. The maximum Gasteiger partial charge on any atom is 0.305 e. The van der Waals surface area contributed by atoms with Gasteiger partial charge in [-0.15, -0.1) is 0 Å². The van der Waals surface area contributed by atoms with Gasteiger partial charge in [0, 0.05) is 13.3 Å². The Kier molecular flexibility index (Phi) is 5.52. The zero-order chi connectivity index (χ0) is 11.1. The molecule has 0 aromatic carbocycles. The van der Waals surface area contributed by atoms with Gasteiger partial charge in [0.1, 0.15) is 0 Å². The number of methoxy groups -OCH3 is 1. The Morgan fingerprint density at radius 3 is 2.21 bits per heavy atom. The van der Waals surface area contributed by atoms with Crippen LogP contribution < -0.4 is 0 Å². The highest BCUT2D eigenvalue weighted by Crippen LogP contribution is 2.01. The molecule has 0 radical (unpaired) electrons. The summed E-state index contributed by atoms with van der Waals surface area (Å²) in [6.45, 7) is 2.70. The topological polar surface area (TPSA) is 69.7 Å². The number of rotatable bonds is 5. The molecule has 5 nitrogen and oxygen atoms in total. The van der Waals surface area contributed by atoms with E-state index in [0.29, 0.717) is 0 Å². The summed E-state index contributed by atoms with van der Waals surface area (Å²) in [5, 5.41) is 0. The second-order valence-corrected chi connectivity index (χ2v) is 2.79. The van der Waals surface area contributed by atoms with Gasteiger partial charge in [-0.25, -0.2) is 0 Å². The average Bonchev–Trinajstić information content (AvgIpc) is 2.12. The van der Waals surface area contributed by atoms with Crippen molar-refractivity contribution in [3.05, 3.63) is 0 Å². The molecule has 5 heteroatoms. The Hall–Kier alpha value is -1.39. The third kappa shape index (κ3) is 5.29. The van der Waals surface area contributed by atoms with E-state index in [1.165, 1.54) is 21.0 Å². The van der Waals surface area contributed by atoms with E-state index in [1.54, 1.807) is 0 Å². The van der Waals surface area contributed by atoms with Crippen molar-refractivity contribution < 1.29 is 23.9 Å². The summed E-state index contributed by atoms with van der Waals surface area (Å²) in [7, 11) is 1.25. The number of carbonyl (C=O) groups excluding carboxylic acids is 3. The van der Waals surface area contributed by atoms with Crippen LogP contribution in [0.2, 0.25) is 0 Å². The molecule has 14 heavy (non-hydrogen) atoms. The second kappa shape index (κ2) is 6.12. The second-order valence-electron chi connectivity index (χ2n) is 2.79. The van der Waals surface area contributed by atoms with Gasteiger partial charge in [0.15, 0.2) is 11.9 Å². The first-order chi connectivity index (χ1) is 6.47. The minimum atomic E-state index is -0.794. The van der Waals surface area contributed by atoms with E-state index < -0.39 is 18.0 Å². The van der Waals surface area contributed by atoms with Gasteiger partial charge in [-0.3, -0.25) is 14.4 Å². The summed E-state index contributed by atoms with van der Waals surface area (Å²) >= 11 is 0. The van der Waals surface area contributed by atoms with E-state index in [9.17, 15) is 14.4 Å². The summed E-state index contributed by atoms with van der Waals surface area (Å²) in [5.41, 5.74) is 0. The van der Waals surface area contributed by atoms with Crippen molar-refractivity contribution in [3.63, 3.8) is 0 Å². The van der Waals surface area contributed by atoms with Gasteiger partial charge in [0.2, 0.25) is 0 Å². The Labute approximate surface area is 82.4 Å². The van der Waals surface area contributed by atoms with E-state index >= 15 is 0 Å². The highest BCUT2D eigenvalue weighted by atomic mass is 16.5. The van der Waals surface area contributed by atoms with Gasteiger partial charge in [-0.2, -0.15) is 0 Å². The van der Waals surface area contributed by atoms with Crippen molar-refractivity contribution in [1.29, 1.82) is 0 Å². The fourth-order valence-electron chi connectivity index (χ4n) is 0.845. The average molecular weight is 202 g/mol. The van der Waals surface area contributed by atoms with Crippen molar-refractivity contribution >= 4 is 17.7 Å². The van der Waals surface area contributed by atoms with Gasteiger partial charge in [0.25, 0.3) is 0 Å². The molecule has 1 unspecified atom stereocenters. The third-order valence-corrected chi connectivity index (χ3v) is 1.60. The molecule has 0 amide bonds. The number of ketones is 1. The smallest absolute Gasteiger partial charge is 0.305 e. The lowest BCUT2D eigenvalue weighted by molar-refractivity contribution is -0.152. The number of hydrogen-bond donors (Lipinski definition) is 0. The first-order valence-electron chi connectivity index (χ1n) is 4.24. The highest BCUT2D eigenvalue weighted by Gasteiger charge is 2.16. The standard InChI is InChI=1S/C9H14O5/c1-6(14-7(2)10)8(11)4-5-9(12)13-3/h6H,4-5H2,1-3H3. The number of Topliss-reactive ketones (excluding diaryl/α,β-unsaturated/α-hetero) is 1. The molecule has 0 spiro atoms. The molecular weight excluding hydrogens is 188 g/mol. The lowest BCUT2D eigenvalue weighted by atomic mass is 10.1. The molecule has 0 bridgehead atoms. The van der Waals surface area contributed by atoms with Crippen LogP contribution in [0, 0.1) is 0 Å². The Bertz CT molecular complexity index is 233. The van der Waals surface area contributed by atoms with E-state index in [4.69, 9.17) is 0 Å². The SMILES string of the molecule is COC(=O)CCC(=O)C(C)OC(C)=O. The Morgan fingerprint density at radius 2 is 1.79 bits per heavy atom. The minimum Gasteiger partial charge on any atom is -0.469 e. The molecule has 0 N–H and O–H groups in total. The van der Waals surface area contributed by atoms with Crippen molar-refractivity contribution in [2.75, 3.05) is 7.11 Å². The van der Waals surface area contributed by atoms with Crippen LogP contribution in [0.4, 0.5) is 0 Å². The van der Waals surface area contributed by atoms with Crippen LogP contribution in [-0.4, -0.2) is 30.9 Å². The third-order valence-electron chi connectivity index (χ3n) is 1.60. The van der Waals surface area contributed by atoms with Crippen molar-refractivity contribution in [3.8, 4) is 0 Å². The summed E-state index contributed by atoms with van der Waals surface area (Å²) in [6.07, 6.45) is -0.751. The fraction of sp³-hybridized carbons (Fsp3) is 0.667. The zero-order valence-corrected chi connectivity index (χ0v) is 8.53. The molecule has 0 rings (SSSR count). The zero-order valence-electron chi connectivity index (χ0n) is 8.53. The van der Waals surface area contributed by atoms with Crippen LogP contribution >= 0.6 is 0 Å². The van der Waals surface area contributed by atoms with E-state index in [0.717, 1.165) is 0 Å². The number of esters is 2. The van der Waals surface area contributed by atoms with Crippen LogP contribution in [0.25, 0.3) is 0 Å². The minimum absolute atomic E-state index is 0.0148. The largest absolute Gasteiger partial charge is 0.469 e. The van der Waals surface area contributed by atoms with Crippen molar-refractivity contribution in [1.82, 2.24) is 0 Å². The summed E-state index contributed by atoms with van der Waals surface area (Å²) in [6, 6.07) is 0. The maximum atomic E-state index is 11.2. The normalized spacial score (nSPS) is 11.6. The van der Waals surface area contributed by atoms with Gasteiger partial charge in [-0.1, -0.05) is 0 Å². The molecule has 0 aliphatic heterocycles. The molecular formula is C9H14O5. The monoisotopic (exact) mass is 202 g/mol. The predicted octanol–water partition coefficient (Wildman–Crippen LogP) is 0.460. The molecule has 0 fully saturated rings. The maximum absolute atomic E-state index is 11.2. The van der Waals surface area contributed by atoms with Crippen LogP contribution in [0.15, 0.2) is 0 Å². The molecule has 0 aliphatic carbocycles. The van der Waals surface area contributed by atoms with Crippen LogP contribution in [0.5, 0.6) is 0 Å². The van der Waals surface area contributed by atoms with E-state index in [2.05, 4.69) is 9.47 Å². The van der Waals surface area contributed by atoms with Crippen LogP contribution in [-0.2, 0) is 23.9 Å². The van der Waals surface area contributed by atoms with E-state index in [1.807, 2.05) is 0 Å². The molecule has 0 saturated carbocycles. The Balaban J connectivity index is 3.84. The number of carbonyl (C=O) groups is 3. The fourth-order valence-corrected chi connectivity index (χ4v) is 0.845. The van der Waals surface area contributed by atoms with Crippen LogP contribution in [0.1, 0.15) is 26.7 Å². The molecule has 80 valence electrons. The first kappa shape index (κ1) is 12.6. The van der Waals surface area contributed by atoms with Gasteiger partial charge >= 0.3 is 11.9 Å². The van der Waals surface area contributed by atoms with Gasteiger partial charge in [0.05, 0.1) is 13.5 Å². The molecule has 0 aromatic heterocycles. The molecule has 0 aliphatic rings. The van der Waals surface area contributed by atoms with Crippen molar-refractivity contribution in [2.24, 2.45) is 0 Å². The molecule has 0 saturated heterocycles. The van der Waals surface area contributed by atoms with Gasteiger partial charge < -0.3 is 9.47 Å². The first-order valence-corrected chi connectivity index (χ1v) is 4.24. The molecule has 0 aromatic rings. The van der Waals surface area contributed by atoms with Crippen molar-refractivity contribution in [2.45, 2.75) is 32.8 Å². The lowest BCUT2D eigenvalue weighted by Gasteiger charge is -2.09. The van der Waals surface area contributed by atoms with E-state index in [-0.39, 0.29) is 18.6 Å². The van der Waals surface area contributed by atoms with Gasteiger partial charge in [-0.05, 0) is 6.92 Å². The van der Waals surface area contributed by atoms with Crippen LogP contribution in [0.3, 0.4) is 0 Å². The summed E-state index contributed by atoms with van der Waals surface area (Å²) in [5.74, 6) is -1.25. The number of ether oxygens (including phenoxy) is 2. The Morgan fingerprint density at radius 1 is 1.21 bits per heavy atom. The quantitative estimate of drug-likeness (QED) is 0.606. The number of hydrogen-bond acceptors (Lipinski definition) is 5. The summed E-state index contributed by atoms with van der Waals surface area (Å²) < 4.78 is 9.00. The predicted molar refractivity (Wildman–Crippen MR) is 47.5 cm³/mol. The highest BCUT2D eigenvalue weighted by molar-refractivity contribution is 5.87. The molecule has 1 atom stereocenters. The lowest BCUT2D eigenvalue weighted by Crippen LogP contribution is -2.23.